The minimum absolute atomic E-state index is 0.00465. The highest BCUT2D eigenvalue weighted by Crippen LogP contribution is 2.29. The van der Waals surface area contributed by atoms with Crippen LogP contribution in [0.2, 0.25) is 0 Å². The molecule has 0 unspecified atom stereocenters. The summed E-state index contributed by atoms with van der Waals surface area (Å²) in [6.45, 7) is 9.16. The van der Waals surface area contributed by atoms with Crippen LogP contribution < -0.4 is 4.74 Å². The SMILES string of the molecule is CCCOc1ccc(C(C)(C)C)cc1C=CC(=O)c1ccc(C(=O)N(C)C)cc1. The van der Waals surface area contributed by atoms with Gasteiger partial charge in [-0.1, -0.05) is 45.9 Å². The van der Waals surface area contributed by atoms with Crippen LogP contribution in [0.5, 0.6) is 5.75 Å². The van der Waals surface area contributed by atoms with Crippen molar-refractivity contribution in [2.75, 3.05) is 20.7 Å². The highest BCUT2D eigenvalue weighted by Gasteiger charge is 2.15. The van der Waals surface area contributed by atoms with Crippen molar-refractivity contribution < 1.29 is 14.3 Å². The average Bonchev–Trinajstić information content (AvgIpc) is 2.69. The number of rotatable bonds is 7. The second-order valence-corrected chi connectivity index (χ2v) is 8.33. The number of amides is 1. The van der Waals surface area contributed by atoms with Crippen molar-refractivity contribution in [2.45, 2.75) is 39.5 Å². The van der Waals surface area contributed by atoms with E-state index >= 15 is 0 Å². The molecule has 2 aromatic rings. The molecular weight excluding hydrogens is 362 g/mol. The molecule has 0 bridgehead atoms. The molecule has 4 nitrogen and oxygen atoms in total. The van der Waals surface area contributed by atoms with Crippen LogP contribution in [0.3, 0.4) is 0 Å². The Morgan fingerprint density at radius 3 is 2.17 bits per heavy atom. The van der Waals surface area contributed by atoms with Crippen LogP contribution in [0.1, 0.15) is 66.0 Å². The molecule has 0 heterocycles. The summed E-state index contributed by atoms with van der Waals surface area (Å²) in [5, 5.41) is 0. The Balaban J connectivity index is 2.26. The van der Waals surface area contributed by atoms with Crippen LogP contribution in [0, 0.1) is 0 Å². The number of carbonyl (C=O) groups excluding carboxylic acids is 2. The lowest BCUT2D eigenvalue weighted by Crippen LogP contribution is -2.21. The van der Waals surface area contributed by atoms with Gasteiger partial charge in [0.1, 0.15) is 5.75 Å². The molecule has 0 aliphatic carbocycles. The van der Waals surface area contributed by atoms with Crippen molar-refractivity contribution >= 4 is 17.8 Å². The number of ether oxygens (including phenoxy) is 1. The fourth-order valence-electron chi connectivity index (χ4n) is 2.79. The fourth-order valence-corrected chi connectivity index (χ4v) is 2.79. The van der Waals surface area contributed by atoms with Gasteiger partial charge in [0.25, 0.3) is 5.91 Å². The zero-order valence-corrected chi connectivity index (χ0v) is 18.3. The van der Waals surface area contributed by atoms with E-state index < -0.39 is 0 Å². The minimum Gasteiger partial charge on any atom is -0.493 e. The average molecular weight is 394 g/mol. The number of hydrogen-bond acceptors (Lipinski definition) is 3. The van der Waals surface area contributed by atoms with E-state index in [4.69, 9.17) is 4.74 Å². The first-order valence-corrected chi connectivity index (χ1v) is 9.95. The number of allylic oxidation sites excluding steroid dienone is 1. The van der Waals surface area contributed by atoms with Gasteiger partial charge in [0.15, 0.2) is 5.78 Å². The highest BCUT2D eigenvalue weighted by atomic mass is 16.5. The Morgan fingerprint density at radius 1 is 1.00 bits per heavy atom. The lowest BCUT2D eigenvalue weighted by Gasteiger charge is -2.20. The van der Waals surface area contributed by atoms with Gasteiger partial charge in [-0.25, -0.2) is 0 Å². The van der Waals surface area contributed by atoms with Crippen molar-refractivity contribution in [1.29, 1.82) is 0 Å². The molecule has 29 heavy (non-hydrogen) atoms. The Hall–Kier alpha value is -2.88. The molecule has 0 aromatic heterocycles. The number of benzene rings is 2. The van der Waals surface area contributed by atoms with Gasteiger partial charge >= 0.3 is 0 Å². The lowest BCUT2D eigenvalue weighted by atomic mass is 9.86. The summed E-state index contributed by atoms with van der Waals surface area (Å²) in [5.74, 6) is 0.573. The van der Waals surface area contributed by atoms with E-state index in [1.807, 2.05) is 6.07 Å². The monoisotopic (exact) mass is 393 g/mol. The molecule has 0 saturated carbocycles. The summed E-state index contributed by atoms with van der Waals surface area (Å²) in [6, 6.07) is 12.9. The van der Waals surface area contributed by atoms with Crippen LogP contribution in [0.25, 0.3) is 6.08 Å². The summed E-state index contributed by atoms with van der Waals surface area (Å²) in [7, 11) is 3.40. The molecule has 154 valence electrons. The molecule has 0 aliphatic rings. The topological polar surface area (TPSA) is 46.6 Å². The smallest absolute Gasteiger partial charge is 0.253 e. The number of hydrogen-bond donors (Lipinski definition) is 0. The fraction of sp³-hybridized carbons (Fsp3) is 0.360. The van der Waals surface area contributed by atoms with E-state index in [0.29, 0.717) is 17.7 Å². The summed E-state index contributed by atoms with van der Waals surface area (Å²) in [5.41, 5.74) is 3.17. The van der Waals surface area contributed by atoms with Crippen molar-refractivity contribution in [2.24, 2.45) is 0 Å². The van der Waals surface area contributed by atoms with E-state index in [-0.39, 0.29) is 17.1 Å². The molecule has 4 heteroatoms. The summed E-state index contributed by atoms with van der Waals surface area (Å²) >= 11 is 0. The summed E-state index contributed by atoms with van der Waals surface area (Å²) in [6.07, 6.45) is 4.28. The first-order chi connectivity index (χ1) is 13.6. The Morgan fingerprint density at radius 2 is 1.62 bits per heavy atom. The predicted molar refractivity (Wildman–Crippen MR) is 119 cm³/mol. The van der Waals surface area contributed by atoms with Gasteiger partial charge in [0, 0.05) is 30.8 Å². The first-order valence-electron chi connectivity index (χ1n) is 9.95. The molecule has 1 amide bonds. The lowest BCUT2D eigenvalue weighted by molar-refractivity contribution is 0.0827. The largest absolute Gasteiger partial charge is 0.493 e. The van der Waals surface area contributed by atoms with Gasteiger partial charge in [-0.3, -0.25) is 9.59 Å². The predicted octanol–water partition coefficient (Wildman–Crippen LogP) is 5.37. The van der Waals surface area contributed by atoms with Crippen LogP contribution in [-0.2, 0) is 5.41 Å². The van der Waals surface area contributed by atoms with E-state index in [1.165, 1.54) is 10.5 Å². The number of ketones is 1. The molecule has 0 radical (unpaired) electrons. The molecule has 0 N–H and O–H groups in total. The van der Waals surface area contributed by atoms with Gasteiger partial charge in [-0.15, -0.1) is 0 Å². The van der Waals surface area contributed by atoms with Crippen molar-refractivity contribution in [3.05, 3.63) is 70.8 Å². The van der Waals surface area contributed by atoms with Crippen LogP contribution in [-0.4, -0.2) is 37.3 Å². The van der Waals surface area contributed by atoms with E-state index in [9.17, 15) is 9.59 Å². The Bertz CT molecular complexity index is 887. The molecule has 2 rings (SSSR count). The third-order valence-corrected chi connectivity index (χ3v) is 4.57. The normalized spacial score (nSPS) is 11.5. The van der Waals surface area contributed by atoms with Gasteiger partial charge in [0.05, 0.1) is 6.61 Å². The standard InChI is InChI=1S/C25H31NO3/c1-7-16-29-23-15-13-21(25(2,3)4)17-20(23)12-14-22(27)18-8-10-19(11-9-18)24(28)26(5)6/h8-15,17H,7,16H2,1-6H3. The van der Waals surface area contributed by atoms with Gasteiger partial charge in [-0.05, 0) is 53.8 Å². The van der Waals surface area contributed by atoms with Crippen LogP contribution >= 0.6 is 0 Å². The maximum Gasteiger partial charge on any atom is 0.253 e. The highest BCUT2D eigenvalue weighted by molar-refractivity contribution is 6.07. The van der Waals surface area contributed by atoms with E-state index in [0.717, 1.165) is 17.7 Å². The Kier molecular flexibility index (Phi) is 7.38. The van der Waals surface area contributed by atoms with E-state index in [1.54, 1.807) is 50.5 Å². The summed E-state index contributed by atoms with van der Waals surface area (Å²) < 4.78 is 5.85. The molecular formula is C25H31NO3. The minimum atomic E-state index is -0.114. The third-order valence-electron chi connectivity index (χ3n) is 4.57. The molecule has 0 atom stereocenters. The Labute approximate surface area is 174 Å². The zero-order chi connectivity index (χ0) is 21.6. The third kappa shape index (κ3) is 6.05. The molecule has 0 aliphatic heterocycles. The first kappa shape index (κ1) is 22.4. The quantitative estimate of drug-likeness (QED) is 0.469. The van der Waals surface area contributed by atoms with Gasteiger partial charge < -0.3 is 9.64 Å². The second-order valence-electron chi connectivity index (χ2n) is 8.33. The van der Waals surface area contributed by atoms with Crippen LogP contribution in [0.15, 0.2) is 48.5 Å². The van der Waals surface area contributed by atoms with Crippen LogP contribution in [0.4, 0.5) is 0 Å². The van der Waals surface area contributed by atoms with Crippen molar-refractivity contribution in [1.82, 2.24) is 4.90 Å². The molecule has 0 spiro atoms. The summed E-state index contributed by atoms with van der Waals surface area (Å²) in [4.78, 5) is 26.1. The molecule has 0 saturated heterocycles. The molecule has 2 aromatic carbocycles. The number of carbonyl (C=O) groups is 2. The number of nitrogens with zero attached hydrogens (tertiary/aromatic N) is 1. The maximum absolute atomic E-state index is 12.6. The van der Waals surface area contributed by atoms with E-state index in [2.05, 4.69) is 39.8 Å². The maximum atomic E-state index is 12.6. The van der Waals surface area contributed by atoms with Crippen molar-refractivity contribution in [3.8, 4) is 5.75 Å². The second kappa shape index (κ2) is 9.55. The van der Waals surface area contributed by atoms with Gasteiger partial charge in [-0.2, -0.15) is 0 Å². The van der Waals surface area contributed by atoms with Gasteiger partial charge in [0.2, 0.25) is 0 Å². The van der Waals surface area contributed by atoms with Crippen molar-refractivity contribution in [3.63, 3.8) is 0 Å². The molecule has 0 fully saturated rings. The zero-order valence-electron chi connectivity index (χ0n) is 18.3.